The van der Waals surface area contributed by atoms with Crippen LogP contribution >= 0.6 is 0 Å². The molecule has 0 radical (unpaired) electrons. The van der Waals surface area contributed by atoms with Crippen molar-refractivity contribution < 1.29 is 22.4 Å². The molecule has 29 heavy (non-hydrogen) atoms. The van der Waals surface area contributed by atoms with Gasteiger partial charge < -0.3 is 15.1 Å². The van der Waals surface area contributed by atoms with Crippen molar-refractivity contribution in [3.8, 4) is 0 Å². The van der Waals surface area contributed by atoms with Crippen LogP contribution in [0.5, 0.6) is 0 Å². The fourth-order valence-corrected chi connectivity index (χ4v) is 3.95. The van der Waals surface area contributed by atoms with Crippen LogP contribution in [0.3, 0.4) is 0 Å². The van der Waals surface area contributed by atoms with Crippen LogP contribution in [0.15, 0.2) is 52.9 Å². The second-order valence-electron chi connectivity index (χ2n) is 7.27. The van der Waals surface area contributed by atoms with Gasteiger partial charge in [0.25, 0.3) is 5.91 Å². The van der Waals surface area contributed by atoms with Gasteiger partial charge in [-0.1, -0.05) is 24.3 Å². The molecule has 1 aliphatic carbocycles. The van der Waals surface area contributed by atoms with E-state index in [0.29, 0.717) is 27.9 Å². The highest BCUT2D eigenvalue weighted by atomic mass is 32.2. The zero-order valence-corrected chi connectivity index (χ0v) is 16.6. The Morgan fingerprint density at radius 3 is 2.41 bits per heavy atom. The summed E-state index contributed by atoms with van der Waals surface area (Å²) in [7, 11) is -3.38. The molecule has 2 amide bonds. The Hall–Kier alpha value is -3.13. The van der Waals surface area contributed by atoms with E-state index in [1.54, 1.807) is 48.5 Å². The van der Waals surface area contributed by atoms with Crippen LogP contribution in [0, 0.1) is 5.92 Å². The molecular formula is C21H20N2O5S. The number of furan rings is 1. The summed E-state index contributed by atoms with van der Waals surface area (Å²) in [4.78, 5) is 24.8. The maximum atomic E-state index is 12.9. The predicted molar refractivity (Wildman–Crippen MR) is 111 cm³/mol. The highest BCUT2D eigenvalue weighted by Gasteiger charge is 2.29. The Bertz CT molecular complexity index is 1210. The van der Waals surface area contributed by atoms with Crippen LogP contribution in [0.2, 0.25) is 0 Å². The van der Waals surface area contributed by atoms with Crippen LogP contribution in [-0.4, -0.2) is 26.5 Å². The van der Waals surface area contributed by atoms with Crippen molar-refractivity contribution >= 4 is 44.0 Å². The minimum atomic E-state index is -3.38. The van der Waals surface area contributed by atoms with Gasteiger partial charge in [0.15, 0.2) is 15.6 Å². The van der Waals surface area contributed by atoms with E-state index in [9.17, 15) is 18.0 Å². The van der Waals surface area contributed by atoms with Gasteiger partial charge in [0.1, 0.15) is 5.58 Å². The average molecular weight is 412 g/mol. The maximum absolute atomic E-state index is 12.9. The third-order valence-corrected chi connectivity index (χ3v) is 5.46. The molecule has 0 unspecified atom stereocenters. The van der Waals surface area contributed by atoms with Gasteiger partial charge in [0, 0.05) is 34.5 Å². The number of para-hydroxylation sites is 1. The molecule has 8 heteroatoms. The molecule has 1 aliphatic rings. The molecule has 4 rings (SSSR count). The summed E-state index contributed by atoms with van der Waals surface area (Å²) < 4.78 is 29.4. The molecule has 1 heterocycles. The normalized spacial score (nSPS) is 14.0. The monoisotopic (exact) mass is 412 g/mol. The number of hydrogen-bond donors (Lipinski definition) is 2. The predicted octanol–water partition coefficient (Wildman–Crippen LogP) is 3.58. The van der Waals surface area contributed by atoms with Gasteiger partial charge in [-0.3, -0.25) is 9.59 Å². The van der Waals surface area contributed by atoms with Crippen molar-refractivity contribution in [2.75, 3.05) is 16.9 Å². The average Bonchev–Trinajstić information content (AvgIpc) is 3.44. The highest BCUT2D eigenvalue weighted by Crippen LogP contribution is 2.31. The van der Waals surface area contributed by atoms with Gasteiger partial charge in [0.2, 0.25) is 5.91 Å². The van der Waals surface area contributed by atoms with Crippen molar-refractivity contribution in [3.05, 3.63) is 59.9 Å². The Labute approximate surface area is 168 Å². The van der Waals surface area contributed by atoms with Crippen LogP contribution in [-0.2, 0) is 20.4 Å². The SMILES string of the molecule is CS(=O)(=O)Cc1c(C(=O)Nc2cccc(NC(=O)C3CC3)c2)oc2ccccc12. The summed E-state index contributed by atoms with van der Waals surface area (Å²) in [5, 5.41) is 6.14. The molecule has 0 bridgehead atoms. The van der Waals surface area contributed by atoms with Crippen molar-refractivity contribution in [2.45, 2.75) is 18.6 Å². The van der Waals surface area contributed by atoms with Crippen LogP contribution < -0.4 is 10.6 Å². The largest absolute Gasteiger partial charge is 0.451 e. The van der Waals surface area contributed by atoms with Gasteiger partial charge in [-0.2, -0.15) is 0 Å². The van der Waals surface area contributed by atoms with Crippen molar-refractivity contribution in [1.82, 2.24) is 0 Å². The quantitative estimate of drug-likeness (QED) is 0.644. The van der Waals surface area contributed by atoms with Crippen LogP contribution in [0.1, 0.15) is 29.0 Å². The Kier molecular flexibility index (Phi) is 4.87. The van der Waals surface area contributed by atoms with Crippen molar-refractivity contribution in [1.29, 1.82) is 0 Å². The second-order valence-corrected chi connectivity index (χ2v) is 9.41. The molecule has 0 saturated heterocycles. The maximum Gasteiger partial charge on any atom is 0.291 e. The smallest absolute Gasteiger partial charge is 0.291 e. The van der Waals surface area contributed by atoms with E-state index in [0.717, 1.165) is 19.1 Å². The Morgan fingerprint density at radius 1 is 1.03 bits per heavy atom. The number of anilines is 2. The van der Waals surface area contributed by atoms with Crippen molar-refractivity contribution in [3.63, 3.8) is 0 Å². The first-order valence-corrected chi connectivity index (χ1v) is 11.3. The number of sulfone groups is 1. The van der Waals surface area contributed by atoms with Gasteiger partial charge in [-0.15, -0.1) is 0 Å². The zero-order valence-electron chi connectivity index (χ0n) is 15.8. The van der Waals surface area contributed by atoms with E-state index in [1.807, 2.05) is 0 Å². The number of benzene rings is 2. The lowest BCUT2D eigenvalue weighted by Crippen LogP contribution is -2.16. The van der Waals surface area contributed by atoms with Crippen LogP contribution in [0.25, 0.3) is 11.0 Å². The highest BCUT2D eigenvalue weighted by molar-refractivity contribution is 7.89. The molecule has 0 spiro atoms. The third kappa shape index (κ3) is 4.48. The fraction of sp³-hybridized carbons (Fsp3) is 0.238. The summed E-state index contributed by atoms with van der Waals surface area (Å²) in [5.74, 6) is -0.845. The summed E-state index contributed by atoms with van der Waals surface area (Å²) >= 11 is 0. The molecule has 2 aromatic carbocycles. The van der Waals surface area contributed by atoms with Gasteiger partial charge >= 0.3 is 0 Å². The standard InChI is InChI=1S/C21H20N2O5S/c1-29(26,27)12-17-16-7-2-3-8-18(16)28-19(17)21(25)23-15-6-4-5-14(11-15)22-20(24)13-9-10-13/h2-8,11,13H,9-10,12H2,1H3,(H,22,24)(H,23,25). The number of carbonyl (C=O) groups is 2. The van der Waals surface area contributed by atoms with E-state index in [1.165, 1.54) is 0 Å². The first kappa shape index (κ1) is 19.2. The first-order chi connectivity index (χ1) is 13.8. The summed E-state index contributed by atoms with van der Waals surface area (Å²) in [6, 6.07) is 13.7. The molecule has 2 N–H and O–H groups in total. The first-order valence-electron chi connectivity index (χ1n) is 9.20. The Morgan fingerprint density at radius 2 is 1.72 bits per heavy atom. The Balaban J connectivity index is 1.61. The molecule has 1 fully saturated rings. The van der Waals surface area contributed by atoms with E-state index in [-0.39, 0.29) is 23.3 Å². The van der Waals surface area contributed by atoms with Gasteiger partial charge in [0.05, 0.1) is 5.75 Å². The zero-order chi connectivity index (χ0) is 20.6. The molecule has 1 aromatic heterocycles. The number of rotatable bonds is 6. The lowest BCUT2D eigenvalue weighted by atomic mass is 10.1. The van der Waals surface area contributed by atoms with Crippen LogP contribution in [0.4, 0.5) is 11.4 Å². The lowest BCUT2D eigenvalue weighted by molar-refractivity contribution is -0.117. The summed E-state index contributed by atoms with van der Waals surface area (Å²) in [5.41, 5.74) is 1.83. The number of fused-ring (bicyclic) bond motifs is 1. The lowest BCUT2D eigenvalue weighted by Gasteiger charge is -2.08. The summed E-state index contributed by atoms with van der Waals surface area (Å²) in [6.45, 7) is 0. The number of amides is 2. The number of hydrogen-bond acceptors (Lipinski definition) is 5. The molecule has 1 saturated carbocycles. The fourth-order valence-electron chi connectivity index (χ4n) is 3.14. The summed E-state index contributed by atoms with van der Waals surface area (Å²) in [6.07, 6.45) is 2.91. The van der Waals surface area contributed by atoms with E-state index < -0.39 is 15.7 Å². The molecule has 7 nitrogen and oxygen atoms in total. The second kappa shape index (κ2) is 7.36. The molecule has 0 atom stereocenters. The van der Waals surface area contributed by atoms with Gasteiger partial charge in [-0.25, -0.2) is 8.42 Å². The van der Waals surface area contributed by atoms with E-state index >= 15 is 0 Å². The van der Waals surface area contributed by atoms with E-state index in [4.69, 9.17) is 4.42 Å². The molecule has 0 aliphatic heterocycles. The molecule has 150 valence electrons. The third-order valence-electron chi connectivity index (χ3n) is 4.65. The van der Waals surface area contributed by atoms with E-state index in [2.05, 4.69) is 10.6 Å². The minimum absolute atomic E-state index is 0.0267. The molecular weight excluding hydrogens is 392 g/mol. The van der Waals surface area contributed by atoms with Crippen molar-refractivity contribution in [2.24, 2.45) is 5.92 Å². The minimum Gasteiger partial charge on any atom is -0.451 e. The number of carbonyl (C=O) groups excluding carboxylic acids is 2. The van der Waals surface area contributed by atoms with Gasteiger partial charge in [-0.05, 0) is 37.1 Å². The topological polar surface area (TPSA) is 105 Å². The number of nitrogens with one attached hydrogen (secondary N) is 2. The molecule has 3 aromatic rings.